The lowest BCUT2D eigenvalue weighted by Gasteiger charge is -2.12. The number of halogens is 1. The molecule has 0 spiro atoms. The van der Waals surface area contributed by atoms with E-state index in [9.17, 15) is 9.59 Å². The number of thiocarbonyl (C=S) groups is 1. The van der Waals surface area contributed by atoms with E-state index in [0.717, 1.165) is 22.9 Å². The predicted octanol–water partition coefficient (Wildman–Crippen LogP) is 3.05. The molecule has 7 nitrogen and oxygen atoms in total. The van der Waals surface area contributed by atoms with Gasteiger partial charge in [-0.05, 0) is 76.4 Å². The fraction of sp³-hybridized carbons (Fsp3) is 0.286. The normalized spacial score (nSPS) is 10.1. The van der Waals surface area contributed by atoms with Gasteiger partial charge in [-0.2, -0.15) is 0 Å². The van der Waals surface area contributed by atoms with Crippen molar-refractivity contribution in [2.75, 3.05) is 13.2 Å². The Hall–Kier alpha value is -2.65. The van der Waals surface area contributed by atoms with Crippen molar-refractivity contribution >= 4 is 45.1 Å². The van der Waals surface area contributed by atoms with E-state index in [1.54, 1.807) is 18.2 Å². The van der Waals surface area contributed by atoms with Gasteiger partial charge in [0.15, 0.2) is 18.3 Å². The average Bonchev–Trinajstić information content (AvgIpc) is 2.75. The summed E-state index contributed by atoms with van der Waals surface area (Å²) in [6.07, 6.45) is 1.84. The molecular formula is C21H24BrN3O4S. The van der Waals surface area contributed by atoms with Crippen LogP contribution in [0.1, 0.15) is 25.0 Å². The molecule has 0 aromatic heterocycles. The summed E-state index contributed by atoms with van der Waals surface area (Å²) in [4.78, 5) is 23.8. The number of hydrogen-bond acceptors (Lipinski definition) is 5. The van der Waals surface area contributed by atoms with Crippen LogP contribution in [-0.4, -0.2) is 30.1 Å². The highest BCUT2D eigenvalue weighted by Gasteiger charge is 2.09. The first-order valence-corrected chi connectivity index (χ1v) is 10.6. The van der Waals surface area contributed by atoms with Crippen LogP contribution in [0.15, 0.2) is 46.9 Å². The van der Waals surface area contributed by atoms with E-state index in [4.69, 9.17) is 21.7 Å². The lowest BCUT2D eigenvalue weighted by atomic mass is 10.2. The topological polar surface area (TPSA) is 88.7 Å². The molecule has 2 aromatic carbocycles. The van der Waals surface area contributed by atoms with Gasteiger partial charge in [0.25, 0.3) is 11.8 Å². The molecule has 0 unspecified atom stereocenters. The summed E-state index contributed by atoms with van der Waals surface area (Å²) in [5.74, 6) is 0.245. The van der Waals surface area contributed by atoms with Crippen LogP contribution < -0.4 is 25.6 Å². The SMILES string of the molecule is CCc1ccc(OCC(=O)NC(=S)NNC(=O)COc2ccc(CC)cc2Br)cc1. The highest BCUT2D eigenvalue weighted by Crippen LogP contribution is 2.26. The molecule has 0 saturated heterocycles. The molecule has 160 valence electrons. The summed E-state index contributed by atoms with van der Waals surface area (Å²) in [6, 6.07) is 13.2. The molecule has 9 heteroatoms. The first-order chi connectivity index (χ1) is 14.4. The molecule has 0 heterocycles. The number of hydrazine groups is 1. The molecule has 0 bridgehead atoms. The van der Waals surface area contributed by atoms with Gasteiger partial charge in [-0.1, -0.05) is 32.0 Å². The largest absolute Gasteiger partial charge is 0.484 e. The maximum atomic E-state index is 11.9. The van der Waals surface area contributed by atoms with Crippen molar-refractivity contribution in [2.45, 2.75) is 26.7 Å². The van der Waals surface area contributed by atoms with Gasteiger partial charge in [-0.15, -0.1) is 0 Å². The first-order valence-electron chi connectivity index (χ1n) is 9.42. The smallest absolute Gasteiger partial charge is 0.276 e. The maximum Gasteiger partial charge on any atom is 0.276 e. The van der Waals surface area contributed by atoms with Gasteiger partial charge >= 0.3 is 0 Å². The molecule has 0 aliphatic heterocycles. The first kappa shape index (κ1) is 23.6. The van der Waals surface area contributed by atoms with Crippen LogP contribution in [0.2, 0.25) is 0 Å². The van der Waals surface area contributed by atoms with Crippen LogP contribution in [0.4, 0.5) is 0 Å². The Balaban J connectivity index is 1.66. The summed E-state index contributed by atoms with van der Waals surface area (Å²) in [6.45, 7) is 3.69. The second kappa shape index (κ2) is 12.1. The van der Waals surface area contributed by atoms with Crippen LogP contribution in [-0.2, 0) is 22.4 Å². The second-order valence-electron chi connectivity index (χ2n) is 6.24. The van der Waals surface area contributed by atoms with E-state index < -0.39 is 11.8 Å². The molecule has 0 saturated carbocycles. The lowest BCUT2D eigenvalue weighted by molar-refractivity contribution is -0.124. The van der Waals surface area contributed by atoms with Crippen LogP contribution in [0.5, 0.6) is 11.5 Å². The van der Waals surface area contributed by atoms with E-state index in [1.165, 1.54) is 5.56 Å². The van der Waals surface area contributed by atoms with Crippen LogP contribution >= 0.6 is 28.1 Å². The quantitative estimate of drug-likeness (QED) is 0.386. The molecule has 2 aromatic rings. The highest BCUT2D eigenvalue weighted by molar-refractivity contribution is 9.10. The van der Waals surface area contributed by atoms with Crippen molar-refractivity contribution in [1.29, 1.82) is 0 Å². The standard InChI is InChI=1S/C21H24BrN3O4S/c1-3-14-5-8-16(9-6-14)28-12-19(26)23-21(30)25-24-20(27)13-29-18-10-7-15(4-2)11-17(18)22/h5-11H,3-4,12-13H2,1-2H3,(H,24,27)(H2,23,25,26,30). The van der Waals surface area contributed by atoms with Crippen molar-refractivity contribution in [3.63, 3.8) is 0 Å². The summed E-state index contributed by atoms with van der Waals surface area (Å²) >= 11 is 8.39. The average molecular weight is 494 g/mol. The minimum absolute atomic E-state index is 0.0493. The Morgan fingerprint density at radius 3 is 2.17 bits per heavy atom. The number of aryl methyl sites for hydroxylation is 2. The molecule has 30 heavy (non-hydrogen) atoms. The van der Waals surface area contributed by atoms with E-state index in [2.05, 4.69) is 45.9 Å². The van der Waals surface area contributed by atoms with Crippen molar-refractivity contribution in [3.8, 4) is 11.5 Å². The van der Waals surface area contributed by atoms with E-state index in [0.29, 0.717) is 11.5 Å². The molecule has 0 radical (unpaired) electrons. The van der Waals surface area contributed by atoms with Crippen molar-refractivity contribution in [3.05, 3.63) is 58.1 Å². The van der Waals surface area contributed by atoms with Gasteiger partial charge in [0.1, 0.15) is 11.5 Å². The number of amides is 2. The van der Waals surface area contributed by atoms with E-state index in [1.807, 2.05) is 24.3 Å². The Bertz CT molecular complexity index is 890. The molecule has 0 fully saturated rings. The predicted molar refractivity (Wildman–Crippen MR) is 122 cm³/mol. The molecular weight excluding hydrogens is 470 g/mol. The summed E-state index contributed by atoms with van der Waals surface area (Å²) in [5.41, 5.74) is 7.15. The zero-order chi connectivity index (χ0) is 21.9. The number of hydrogen-bond donors (Lipinski definition) is 3. The molecule has 2 rings (SSSR count). The lowest BCUT2D eigenvalue weighted by Crippen LogP contribution is -2.50. The monoisotopic (exact) mass is 493 g/mol. The van der Waals surface area contributed by atoms with Crippen LogP contribution in [0.25, 0.3) is 0 Å². The third-order valence-corrected chi connectivity index (χ3v) is 4.86. The van der Waals surface area contributed by atoms with Gasteiger partial charge in [-0.3, -0.25) is 25.8 Å². The maximum absolute atomic E-state index is 11.9. The number of carbonyl (C=O) groups is 2. The summed E-state index contributed by atoms with van der Waals surface area (Å²) in [7, 11) is 0. The zero-order valence-electron chi connectivity index (χ0n) is 16.8. The third kappa shape index (κ3) is 8.00. The third-order valence-electron chi connectivity index (χ3n) is 4.03. The fourth-order valence-corrected chi connectivity index (χ4v) is 3.06. The van der Waals surface area contributed by atoms with Crippen molar-refractivity contribution < 1.29 is 19.1 Å². The zero-order valence-corrected chi connectivity index (χ0v) is 19.2. The molecule has 3 N–H and O–H groups in total. The molecule has 2 amide bonds. The van der Waals surface area contributed by atoms with Crippen LogP contribution in [0.3, 0.4) is 0 Å². The van der Waals surface area contributed by atoms with Gasteiger partial charge in [-0.25, -0.2) is 0 Å². The van der Waals surface area contributed by atoms with E-state index >= 15 is 0 Å². The van der Waals surface area contributed by atoms with Gasteiger partial charge < -0.3 is 9.47 Å². The number of carbonyl (C=O) groups excluding carboxylic acids is 2. The number of nitrogens with one attached hydrogen (secondary N) is 3. The van der Waals surface area contributed by atoms with Crippen molar-refractivity contribution in [1.82, 2.24) is 16.2 Å². The Kier molecular flexibility index (Phi) is 9.56. The van der Waals surface area contributed by atoms with Gasteiger partial charge in [0.2, 0.25) is 0 Å². The Labute approximate surface area is 189 Å². The number of benzene rings is 2. The number of ether oxygens (including phenoxy) is 2. The van der Waals surface area contributed by atoms with Gasteiger partial charge in [0.05, 0.1) is 4.47 Å². The molecule has 0 atom stereocenters. The molecule has 0 aliphatic carbocycles. The fourth-order valence-electron chi connectivity index (χ4n) is 2.35. The van der Waals surface area contributed by atoms with E-state index in [-0.39, 0.29) is 18.3 Å². The Morgan fingerprint density at radius 1 is 0.900 bits per heavy atom. The number of rotatable bonds is 8. The highest BCUT2D eigenvalue weighted by atomic mass is 79.9. The minimum Gasteiger partial charge on any atom is -0.484 e. The minimum atomic E-state index is -0.453. The second-order valence-corrected chi connectivity index (χ2v) is 7.51. The molecule has 0 aliphatic rings. The van der Waals surface area contributed by atoms with Crippen molar-refractivity contribution in [2.24, 2.45) is 0 Å². The van der Waals surface area contributed by atoms with Crippen LogP contribution in [0, 0.1) is 0 Å². The summed E-state index contributed by atoms with van der Waals surface area (Å²) < 4.78 is 11.6. The van der Waals surface area contributed by atoms with Gasteiger partial charge in [0, 0.05) is 0 Å². The Morgan fingerprint density at radius 2 is 1.53 bits per heavy atom. The summed E-state index contributed by atoms with van der Waals surface area (Å²) in [5, 5.41) is 2.37.